The summed E-state index contributed by atoms with van der Waals surface area (Å²) in [5.41, 5.74) is 0.893. The van der Waals surface area contributed by atoms with E-state index in [4.69, 9.17) is 11.6 Å². The van der Waals surface area contributed by atoms with Gasteiger partial charge in [-0.25, -0.2) is 8.78 Å². The van der Waals surface area contributed by atoms with Crippen LogP contribution in [-0.4, -0.2) is 0 Å². The van der Waals surface area contributed by atoms with E-state index in [2.05, 4.69) is 15.9 Å². The molecule has 0 bridgehead atoms. The van der Waals surface area contributed by atoms with Crippen LogP contribution >= 0.6 is 27.5 Å². The van der Waals surface area contributed by atoms with Gasteiger partial charge in [-0.3, -0.25) is 0 Å². The van der Waals surface area contributed by atoms with Gasteiger partial charge in [-0.15, -0.1) is 0 Å². The summed E-state index contributed by atoms with van der Waals surface area (Å²) >= 11 is 9.34. The Kier molecular flexibility index (Phi) is 2.59. The summed E-state index contributed by atoms with van der Waals surface area (Å²) in [5, 5.41) is 0.316. The normalized spacial score (nSPS) is 22.9. The van der Waals surface area contributed by atoms with Crippen molar-refractivity contribution in [2.75, 3.05) is 0 Å². The average Bonchev–Trinajstić information content (AvgIpc) is 2.32. The first-order valence-electron chi connectivity index (χ1n) is 4.66. The second kappa shape index (κ2) is 3.42. The number of halogens is 4. The van der Waals surface area contributed by atoms with Crippen molar-refractivity contribution in [2.45, 2.75) is 30.5 Å². The Morgan fingerprint density at radius 3 is 2.67 bits per heavy atom. The molecule has 0 nitrogen and oxygen atoms in total. The van der Waals surface area contributed by atoms with Gasteiger partial charge >= 0.3 is 0 Å². The minimum atomic E-state index is -0.874. The van der Waals surface area contributed by atoms with Crippen LogP contribution in [0, 0.1) is 11.6 Å². The zero-order chi connectivity index (χ0) is 11.4. The summed E-state index contributed by atoms with van der Waals surface area (Å²) in [6.45, 7) is 3.96. The van der Waals surface area contributed by atoms with Crippen LogP contribution in [0.15, 0.2) is 6.07 Å². The molecule has 1 atom stereocenters. The van der Waals surface area contributed by atoms with Crippen molar-refractivity contribution in [3.63, 3.8) is 0 Å². The molecule has 1 aliphatic rings. The molecule has 1 aromatic carbocycles. The van der Waals surface area contributed by atoms with E-state index in [0.717, 1.165) is 18.1 Å². The summed E-state index contributed by atoms with van der Waals surface area (Å²) in [5.74, 6) is -1.65. The van der Waals surface area contributed by atoms with Crippen LogP contribution in [0.1, 0.15) is 36.2 Å². The minimum absolute atomic E-state index is 0.157. The third kappa shape index (κ3) is 1.60. The van der Waals surface area contributed by atoms with Crippen molar-refractivity contribution in [1.29, 1.82) is 0 Å². The van der Waals surface area contributed by atoms with Gasteiger partial charge in [-0.2, -0.15) is 0 Å². The average molecular weight is 296 g/mol. The van der Waals surface area contributed by atoms with Gasteiger partial charge in [0.1, 0.15) is 0 Å². The van der Waals surface area contributed by atoms with Gasteiger partial charge in [0, 0.05) is 15.4 Å². The fraction of sp³-hybridized carbons (Fsp3) is 0.455. The lowest BCUT2D eigenvalue weighted by atomic mass is 9.86. The fourth-order valence-electron chi connectivity index (χ4n) is 2.25. The van der Waals surface area contributed by atoms with Crippen molar-refractivity contribution in [1.82, 2.24) is 0 Å². The first kappa shape index (κ1) is 11.3. The molecule has 1 aromatic rings. The van der Waals surface area contributed by atoms with Gasteiger partial charge in [0.15, 0.2) is 11.6 Å². The Labute approximate surface area is 101 Å². The van der Waals surface area contributed by atoms with Gasteiger partial charge in [0.05, 0.1) is 0 Å². The molecule has 0 spiro atoms. The Morgan fingerprint density at radius 2 is 2.07 bits per heavy atom. The molecule has 15 heavy (non-hydrogen) atoms. The third-order valence-electron chi connectivity index (χ3n) is 2.89. The predicted octanol–water partition coefficient (Wildman–Crippen LogP) is 4.74. The molecule has 0 N–H and O–H groups in total. The van der Waals surface area contributed by atoms with Crippen molar-refractivity contribution in [3.05, 3.63) is 33.9 Å². The smallest absolute Gasteiger partial charge is 0.163 e. The first-order chi connectivity index (χ1) is 6.84. The van der Waals surface area contributed by atoms with Gasteiger partial charge in [0.25, 0.3) is 0 Å². The highest BCUT2D eigenvalue weighted by Gasteiger charge is 2.40. The van der Waals surface area contributed by atoms with Gasteiger partial charge in [-0.1, -0.05) is 41.4 Å². The summed E-state index contributed by atoms with van der Waals surface area (Å²) in [7, 11) is 0. The molecule has 4 heteroatoms. The number of hydrogen-bond acceptors (Lipinski definition) is 0. The first-order valence-corrected chi connectivity index (χ1v) is 5.96. The lowest BCUT2D eigenvalue weighted by Gasteiger charge is -2.20. The van der Waals surface area contributed by atoms with Crippen LogP contribution < -0.4 is 0 Å². The Bertz CT molecular complexity index is 429. The predicted molar refractivity (Wildman–Crippen MR) is 60.7 cm³/mol. The maximum atomic E-state index is 13.6. The molecule has 0 aromatic heterocycles. The Hall–Kier alpha value is -0.150. The van der Waals surface area contributed by atoms with E-state index in [1.165, 1.54) is 0 Å². The number of fused-ring (bicyclic) bond motifs is 1. The van der Waals surface area contributed by atoms with E-state index in [1.54, 1.807) is 0 Å². The lowest BCUT2D eigenvalue weighted by Crippen LogP contribution is -2.13. The van der Waals surface area contributed by atoms with Gasteiger partial charge < -0.3 is 0 Å². The number of benzene rings is 1. The van der Waals surface area contributed by atoms with Gasteiger partial charge in [0.2, 0.25) is 0 Å². The molecule has 0 saturated carbocycles. The summed E-state index contributed by atoms with van der Waals surface area (Å²) < 4.78 is 26.8. The van der Waals surface area contributed by atoms with Crippen LogP contribution in [0.5, 0.6) is 0 Å². The van der Waals surface area contributed by atoms with E-state index >= 15 is 0 Å². The van der Waals surface area contributed by atoms with Crippen molar-refractivity contribution in [3.8, 4) is 0 Å². The largest absolute Gasteiger partial charge is 0.204 e. The molecular formula is C11H10BrClF2. The Morgan fingerprint density at radius 1 is 1.47 bits per heavy atom. The lowest BCUT2D eigenvalue weighted by molar-refractivity contribution is 0.500. The van der Waals surface area contributed by atoms with E-state index in [9.17, 15) is 8.78 Å². The zero-order valence-corrected chi connectivity index (χ0v) is 10.7. The molecule has 0 amide bonds. The maximum Gasteiger partial charge on any atom is 0.163 e. The van der Waals surface area contributed by atoms with E-state index < -0.39 is 11.6 Å². The molecule has 82 valence electrons. The fourth-order valence-corrected chi connectivity index (χ4v) is 3.94. The number of hydrogen-bond donors (Lipinski definition) is 0. The number of rotatable bonds is 0. The van der Waals surface area contributed by atoms with E-state index in [1.807, 2.05) is 13.8 Å². The summed E-state index contributed by atoms with van der Waals surface area (Å²) in [6, 6.07) is 1.06. The highest BCUT2D eigenvalue weighted by molar-refractivity contribution is 9.09. The van der Waals surface area contributed by atoms with E-state index in [-0.39, 0.29) is 10.2 Å². The van der Waals surface area contributed by atoms with Gasteiger partial charge in [-0.05, 0) is 23.5 Å². The number of alkyl halides is 1. The van der Waals surface area contributed by atoms with Crippen LogP contribution in [0.25, 0.3) is 0 Å². The molecule has 0 heterocycles. The third-order valence-corrected chi connectivity index (χ3v) is 3.97. The molecule has 1 unspecified atom stereocenters. The van der Waals surface area contributed by atoms with Crippen LogP contribution in [0.3, 0.4) is 0 Å². The van der Waals surface area contributed by atoms with Crippen LogP contribution in [0.4, 0.5) is 8.78 Å². The highest BCUT2D eigenvalue weighted by Crippen LogP contribution is 2.52. The van der Waals surface area contributed by atoms with Crippen LogP contribution in [0.2, 0.25) is 5.02 Å². The highest BCUT2D eigenvalue weighted by atomic mass is 79.9. The standard InChI is InChI=1S/C11H10BrClF2/c1-11(2)4-5(12)8-9(11)6(13)3-7(14)10(8)15/h3,5H,4H2,1-2H3. The topological polar surface area (TPSA) is 0 Å². The minimum Gasteiger partial charge on any atom is -0.204 e. The maximum absolute atomic E-state index is 13.6. The zero-order valence-electron chi connectivity index (χ0n) is 8.37. The SMILES string of the molecule is CC1(C)CC(Br)c2c(F)c(F)cc(Cl)c21. The molecule has 0 fully saturated rings. The summed E-state index contributed by atoms with van der Waals surface area (Å²) in [4.78, 5) is -0.157. The second-order valence-electron chi connectivity index (χ2n) is 4.50. The van der Waals surface area contributed by atoms with Crippen molar-refractivity contribution in [2.24, 2.45) is 0 Å². The monoisotopic (exact) mass is 294 g/mol. The van der Waals surface area contributed by atoms with Crippen molar-refractivity contribution < 1.29 is 8.78 Å². The molecule has 0 saturated heterocycles. The molecule has 1 aliphatic carbocycles. The quantitative estimate of drug-likeness (QED) is 0.479. The molecule has 2 rings (SSSR count). The molecular weight excluding hydrogens is 285 g/mol. The Balaban J connectivity index is 2.78. The molecule has 0 radical (unpaired) electrons. The second-order valence-corrected chi connectivity index (χ2v) is 6.01. The van der Waals surface area contributed by atoms with Crippen LogP contribution in [-0.2, 0) is 5.41 Å². The summed E-state index contributed by atoms with van der Waals surface area (Å²) in [6.07, 6.45) is 0.725. The van der Waals surface area contributed by atoms with E-state index in [0.29, 0.717) is 10.6 Å². The van der Waals surface area contributed by atoms with Crippen molar-refractivity contribution >= 4 is 27.5 Å². The molecule has 0 aliphatic heterocycles.